The Morgan fingerprint density at radius 2 is 1.87 bits per heavy atom. The van der Waals surface area contributed by atoms with Crippen LogP contribution in [0.4, 0.5) is 0 Å². The van der Waals surface area contributed by atoms with Crippen molar-refractivity contribution in [3.8, 4) is 0 Å². The number of hydrogen-bond acceptors (Lipinski definition) is 6. The Labute approximate surface area is 186 Å². The van der Waals surface area contributed by atoms with E-state index in [4.69, 9.17) is 9.72 Å². The number of methoxy groups -OCH3 is 1. The first-order valence-electron chi connectivity index (χ1n) is 11.0. The smallest absolute Gasteiger partial charge is 0.337 e. The molecule has 0 saturated heterocycles. The van der Waals surface area contributed by atoms with Crippen molar-refractivity contribution in [1.29, 1.82) is 0 Å². The van der Waals surface area contributed by atoms with Gasteiger partial charge in [-0.2, -0.15) is 0 Å². The molecule has 1 aliphatic rings. The van der Waals surface area contributed by atoms with Gasteiger partial charge in [-0.05, 0) is 62.0 Å². The molecule has 31 heavy (non-hydrogen) atoms. The number of nitrogens with zero attached hydrogens (tertiary/aromatic N) is 3. The van der Waals surface area contributed by atoms with Crippen molar-refractivity contribution in [3.05, 3.63) is 62.0 Å². The zero-order valence-electron chi connectivity index (χ0n) is 18.4. The summed E-state index contributed by atoms with van der Waals surface area (Å²) in [5.74, 6) is 0.441. The summed E-state index contributed by atoms with van der Waals surface area (Å²) in [4.78, 5) is 34.9. The zero-order valence-corrected chi connectivity index (χ0v) is 19.3. The number of thiophene rings is 1. The van der Waals surface area contributed by atoms with Crippen molar-refractivity contribution in [2.75, 3.05) is 20.2 Å². The highest BCUT2D eigenvalue weighted by Gasteiger charge is 2.22. The van der Waals surface area contributed by atoms with Gasteiger partial charge in [0.05, 0.1) is 31.1 Å². The van der Waals surface area contributed by atoms with Gasteiger partial charge in [0.1, 0.15) is 10.7 Å². The van der Waals surface area contributed by atoms with Crippen LogP contribution in [0.25, 0.3) is 10.2 Å². The third-order valence-corrected chi connectivity index (χ3v) is 7.31. The van der Waals surface area contributed by atoms with Gasteiger partial charge in [0, 0.05) is 4.88 Å². The van der Waals surface area contributed by atoms with E-state index in [2.05, 4.69) is 18.7 Å². The molecule has 0 bridgehead atoms. The molecule has 0 spiro atoms. The van der Waals surface area contributed by atoms with Crippen molar-refractivity contribution >= 4 is 27.5 Å². The van der Waals surface area contributed by atoms with Crippen molar-refractivity contribution < 1.29 is 9.53 Å². The summed E-state index contributed by atoms with van der Waals surface area (Å²) in [6.45, 7) is 7.13. The number of carbonyl (C=O) groups excluding carboxylic acids is 1. The number of benzene rings is 1. The van der Waals surface area contributed by atoms with Gasteiger partial charge >= 0.3 is 5.97 Å². The Balaban J connectivity index is 1.79. The molecule has 7 heteroatoms. The van der Waals surface area contributed by atoms with Crippen LogP contribution in [0.1, 0.15) is 58.9 Å². The number of fused-ring (bicyclic) bond motifs is 3. The van der Waals surface area contributed by atoms with Gasteiger partial charge in [-0.3, -0.25) is 14.3 Å². The summed E-state index contributed by atoms with van der Waals surface area (Å²) in [7, 11) is 1.37. The zero-order chi connectivity index (χ0) is 22.0. The second kappa shape index (κ2) is 9.32. The lowest BCUT2D eigenvalue weighted by Gasteiger charge is -2.20. The Kier molecular flexibility index (Phi) is 6.53. The van der Waals surface area contributed by atoms with Crippen LogP contribution in [-0.2, 0) is 30.7 Å². The Bertz CT molecular complexity index is 1140. The number of ether oxygens (including phenoxy) is 1. The molecular formula is C24H29N3O3S. The summed E-state index contributed by atoms with van der Waals surface area (Å²) in [5.41, 5.74) is 2.74. The van der Waals surface area contributed by atoms with Crippen LogP contribution in [0.3, 0.4) is 0 Å². The van der Waals surface area contributed by atoms with E-state index in [-0.39, 0.29) is 11.5 Å². The van der Waals surface area contributed by atoms with Crippen LogP contribution in [0.5, 0.6) is 0 Å². The highest BCUT2D eigenvalue weighted by molar-refractivity contribution is 7.18. The van der Waals surface area contributed by atoms with E-state index < -0.39 is 0 Å². The molecule has 0 fully saturated rings. The molecule has 2 aromatic heterocycles. The number of aryl methyl sites for hydroxylation is 2. The third kappa shape index (κ3) is 4.29. The number of rotatable bonds is 7. The van der Waals surface area contributed by atoms with E-state index in [1.165, 1.54) is 24.0 Å². The molecule has 0 atom stereocenters. The van der Waals surface area contributed by atoms with Crippen LogP contribution in [0.15, 0.2) is 29.1 Å². The van der Waals surface area contributed by atoms with E-state index in [9.17, 15) is 9.59 Å². The average molecular weight is 440 g/mol. The van der Waals surface area contributed by atoms with E-state index >= 15 is 0 Å². The number of aromatic nitrogens is 2. The molecule has 164 valence electrons. The summed E-state index contributed by atoms with van der Waals surface area (Å²) in [5, 5.41) is 0.814. The first kappa shape index (κ1) is 21.7. The lowest BCUT2D eigenvalue weighted by atomic mass is 9.97. The van der Waals surface area contributed by atoms with Crippen LogP contribution in [0, 0.1) is 0 Å². The van der Waals surface area contributed by atoms with E-state index in [0.717, 1.165) is 54.0 Å². The predicted octanol–water partition coefficient (Wildman–Crippen LogP) is 4.01. The Morgan fingerprint density at radius 3 is 2.55 bits per heavy atom. The largest absolute Gasteiger partial charge is 0.465 e. The Hall–Kier alpha value is -2.51. The summed E-state index contributed by atoms with van der Waals surface area (Å²) < 4.78 is 6.61. The van der Waals surface area contributed by atoms with Gasteiger partial charge in [-0.25, -0.2) is 9.78 Å². The van der Waals surface area contributed by atoms with Gasteiger partial charge in [0.2, 0.25) is 0 Å². The van der Waals surface area contributed by atoms with Crippen molar-refractivity contribution in [2.45, 2.75) is 52.6 Å². The quantitative estimate of drug-likeness (QED) is 0.521. The maximum Gasteiger partial charge on any atom is 0.337 e. The van der Waals surface area contributed by atoms with E-state index in [1.807, 2.05) is 16.7 Å². The molecule has 0 unspecified atom stereocenters. The normalized spacial score (nSPS) is 13.5. The topological polar surface area (TPSA) is 64.4 Å². The standard InChI is InChI=1S/C24H29N3O3S/c1-4-26(5-2)15-20-25-22-21(18-8-6-7-9-19(18)31-22)23(28)27(20)14-16-10-12-17(13-11-16)24(29)30-3/h10-13H,4-9,14-15H2,1-3H3. The monoisotopic (exact) mass is 439 g/mol. The first-order chi connectivity index (χ1) is 15.0. The molecule has 0 N–H and O–H groups in total. The highest BCUT2D eigenvalue weighted by atomic mass is 32.1. The van der Waals surface area contributed by atoms with E-state index in [1.54, 1.807) is 23.5 Å². The van der Waals surface area contributed by atoms with Crippen molar-refractivity contribution in [3.63, 3.8) is 0 Å². The lowest BCUT2D eigenvalue weighted by Crippen LogP contribution is -2.31. The Morgan fingerprint density at radius 1 is 1.16 bits per heavy atom. The minimum Gasteiger partial charge on any atom is -0.465 e. The highest BCUT2D eigenvalue weighted by Crippen LogP contribution is 2.34. The van der Waals surface area contributed by atoms with Crippen LogP contribution in [0.2, 0.25) is 0 Å². The molecule has 3 aromatic rings. The molecule has 0 radical (unpaired) electrons. The molecule has 0 amide bonds. The maximum atomic E-state index is 13.7. The third-order valence-electron chi connectivity index (χ3n) is 6.13. The minimum atomic E-state index is -0.362. The van der Waals surface area contributed by atoms with Crippen LogP contribution < -0.4 is 5.56 Å². The molecule has 6 nitrogen and oxygen atoms in total. The second-order valence-corrected chi connectivity index (χ2v) is 9.04. The minimum absolute atomic E-state index is 0.0589. The molecule has 0 saturated carbocycles. The van der Waals surface area contributed by atoms with E-state index in [0.29, 0.717) is 18.7 Å². The number of hydrogen-bond donors (Lipinski definition) is 0. The molecule has 1 aromatic carbocycles. The molecule has 4 rings (SSSR count). The van der Waals surface area contributed by atoms with Crippen LogP contribution in [-0.4, -0.2) is 40.6 Å². The molecule has 0 aliphatic heterocycles. The summed E-state index contributed by atoms with van der Waals surface area (Å²) in [6.07, 6.45) is 4.34. The lowest BCUT2D eigenvalue weighted by molar-refractivity contribution is 0.0600. The van der Waals surface area contributed by atoms with Crippen molar-refractivity contribution in [2.24, 2.45) is 0 Å². The SMILES string of the molecule is CCN(CC)Cc1nc2sc3c(c2c(=O)n1Cc1ccc(C(=O)OC)cc1)CCCC3. The fourth-order valence-corrected chi connectivity index (χ4v) is 5.53. The first-order valence-corrected chi connectivity index (χ1v) is 11.8. The second-order valence-electron chi connectivity index (χ2n) is 7.96. The summed E-state index contributed by atoms with van der Waals surface area (Å²) >= 11 is 1.70. The van der Waals surface area contributed by atoms with Crippen LogP contribution >= 0.6 is 11.3 Å². The van der Waals surface area contributed by atoms with Gasteiger partial charge in [0.15, 0.2) is 0 Å². The fraction of sp³-hybridized carbons (Fsp3) is 0.458. The van der Waals surface area contributed by atoms with Gasteiger partial charge in [-0.1, -0.05) is 26.0 Å². The van der Waals surface area contributed by atoms with Gasteiger partial charge < -0.3 is 4.74 Å². The predicted molar refractivity (Wildman–Crippen MR) is 124 cm³/mol. The maximum absolute atomic E-state index is 13.7. The fourth-order valence-electron chi connectivity index (χ4n) is 4.26. The summed E-state index contributed by atoms with van der Waals surface area (Å²) in [6, 6.07) is 7.25. The van der Waals surface area contributed by atoms with Gasteiger partial charge in [0.25, 0.3) is 5.56 Å². The van der Waals surface area contributed by atoms with Crippen molar-refractivity contribution in [1.82, 2.24) is 14.5 Å². The molecular weight excluding hydrogens is 410 g/mol. The number of carbonyl (C=O) groups is 1. The molecule has 2 heterocycles. The number of esters is 1. The van der Waals surface area contributed by atoms with Gasteiger partial charge in [-0.15, -0.1) is 11.3 Å². The molecule has 1 aliphatic carbocycles. The average Bonchev–Trinajstić information content (AvgIpc) is 3.18.